The molecule has 4 nitrogen and oxygen atoms in total. The van der Waals surface area contributed by atoms with Crippen molar-refractivity contribution in [1.82, 2.24) is 0 Å². The molecule has 1 heterocycles. The first-order valence-electron chi connectivity index (χ1n) is 7.75. The number of methoxy groups -OCH3 is 1. The molecule has 0 bridgehead atoms. The van der Waals surface area contributed by atoms with Crippen LogP contribution >= 0.6 is 11.6 Å². The van der Waals surface area contributed by atoms with Gasteiger partial charge in [-0.15, -0.1) is 0 Å². The second-order valence-corrected chi connectivity index (χ2v) is 6.39. The van der Waals surface area contributed by atoms with Gasteiger partial charge in [0, 0.05) is 22.2 Å². The van der Waals surface area contributed by atoms with Gasteiger partial charge in [0.15, 0.2) is 5.78 Å². The number of anilines is 1. The number of hydrogen-bond donors (Lipinski definition) is 1. The Morgan fingerprint density at radius 1 is 1.25 bits per heavy atom. The lowest BCUT2D eigenvalue weighted by molar-refractivity contribution is -0.116. The van der Waals surface area contributed by atoms with E-state index in [4.69, 9.17) is 16.3 Å². The van der Waals surface area contributed by atoms with Gasteiger partial charge >= 0.3 is 0 Å². The number of halogens is 1. The van der Waals surface area contributed by atoms with Crippen LogP contribution in [0.4, 0.5) is 5.69 Å². The average Bonchev–Trinajstić information content (AvgIpc) is 2.88. The number of carbonyl (C=O) groups is 2. The van der Waals surface area contributed by atoms with E-state index in [9.17, 15) is 9.59 Å². The van der Waals surface area contributed by atoms with Crippen molar-refractivity contribution in [3.63, 3.8) is 0 Å². The standard InChI is InChI=1S/C19H18ClNO3/c1-10(14-9-13(24-3)5-6-16(14)20)18(22)12-4-7-17-15(8-12)11(2)19(23)21-17/h4-11H,1-3H3,(H,21,23). The van der Waals surface area contributed by atoms with E-state index in [0.717, 1.165) is 16.8 Å². The summed E-state index contributed by atoms with van der Waals surface area (Å²) in [4.78, 5) is 24.6. The van der Waals surface area contributed by atoms with Gasteiger partial charge in [-0.1, -0.05) is 18.5 Å². The number of nitrogens with one attached hydrogen (secondary N) is 1. The molecule has 124 valence electrons. The molecule has 0 fully saturated rings. The molecule has 1 aliphatic heterocycles. The van der Waals surface area contributed by atoms with E-state index in [0.29, 0.717) is 16.3 Å². The van der Waals surface area contributed by atoms with Gasteiger partial charge in [-0.3, -0.25) is 9.59 Å². The van der Waals surface area contributed by atoms with Crippen LogP contribution in [-0.2, 0) is 4.79 Å². The van der Waals surface area contributed by atoms with Gasteiger partial charge in [-0.05, 0) is 54.4 Å². The number of amides is 1. The maximum absolute atomic E-state index is 12.9. The molecule has 2 atom stereocenters. The number of ketones is 1. The van der Waals surface area contributed by atoms with Crippen LogP contribution in [0.3, 0.4) is 0 Å². The van der Waals surface area contributed by atoms with E-state index < -0.39 is 5.92 Å². The van der Waals surface area contributed by atoms with Crippen LogP contribution in [0.1, 0.15) is 47.2 Å². The normalized spacial score (nSPS) is 17.2. The molecule has 2 aromatic rings. The third-order valence-electron chi connectivity index (χ3n) is 4.52. The highest BCUT2D eigenvalue weighted by Gasteiger charge is 2.28. The summed E-state index contributed by atoms with van der Waals surface area (Å²) in [7, 11) is 1.57. The van der Waals surface area contributed by atoms with Crippen molar-refractivity contribution in [3.8, 4) is 5.75 Å². The molecule has 1 amide bonds. The highest BCUT2D eigenvalue weighted by atomic mass is 35.5. The lowest BCUT2D eigenvalue weighted by atomic mass is 9.90. The molecule has 24 heavy (non-hydrogen) atoms. The average molecular weight is 344 g/mol. The number of rotatable bonds is 4. The fourth-order valence-corrected chi connectivity index (χ4v) is 3.22. The maximum Gasteiger partial charge on any atom is 0.231 e. The maximum atomic E-state index is 12.9. The molecule has 2 aromatic carbocycles. The minimum atomic E-state index is -0.411. The van der Waals surface area contributed by atoms with Crippen molar-refractivity contribution in [2.45, 2.75) is 25.7 Å². The lowest BCUT2D eigenvalue weighted by Gasteiger charge is -2.15. The highest BCUT2D eigenvalue weighted by Crippen LogP contribution is 2.35. The summed E-state index contributed by atoms with van der Waals surface area (Å²) < 4.78 is 5.22. The van der Waals surface area contributed by atoms with Crippen LogP contribution in [0.15, 0.2) is 36.4 Å². The summed E-state index contributed by atoms with van der Waals surface area (Å²) in [6, 6.07) is 10.6. The van der Waals surface area contributed by atoms with Crippen molar-refractivity contribution in [3.05, 3.63) is 58.1 Å². The van der Waals surface area contributed by atoms with Crippen LogP contribution in [0.5, 0.6) is 5.75 Å². The molecular weight excluding hydrogens is 326 g/mol. The predicted molar refractivity (Wildman–Crippen MR) is 94.2 cm³/mol. The molecule has 5 heteroatoms. The van der Waals surface area contributed by atoms with E-state index in [1.807, 2.05) is 13.8 Å². The van der Waals surface area contributed by atoms with Gasteiger partial charge in [0.25, 0.3) is 0 Å². The van der Waals surface area contributed by atoms with Gasteiger partial charge in [0.2, 0.25) is 5.91 Å². The molecule has 2 unspecified atom stereocenters. The van der Waals surface area contributed by atoms with Crippen LogP contribution < -0.4 is 10.1 Å². The largest absolute Gasteiger partial charge is 0.497 e. The zero-order valence-electron chi connectivity index (χ0n) is 13.7. The Balaban J connectivity index is 1.94. The van der Waals surface area contributed by atoms with Gasteiger partial charge in [-0.2, -0.15) is 0 Å². The zero-order valence-corrected chi connectivity index (χ0v) is 14.5. The fourth-order valence-electron chi connectivity index (χ4n) is 2.94. The van der Waals surface area contributed by atoms with Crippen molar-refractivity contribution in [2.75, 3.05) is 12.4 Å². The van der Waals surface area contributed by atoms with Crippen molar-refractivity contribution in [2.24, 2.45) is 0 Å². The highest BCUT2D eigenvalue weighted by molar-refractivity contribution is 6.31. The summed E-state index contributed by atoms with van der Waals surface area (Å²) >= 11 is 6.25. The Kier molecular flexibility index (Phi) is 4.33. The van der Waals surface area contributed by atoms with Crippen LogP contribution in [0.2, 0.25) is 5.02 Å². The summed E-state index contributed by atoms with van der Waals surface area (Å²) in [6.07, 6.45) is 0. The summed E-state index contributed by atoms with van der Waals surface area (Å²) in [5.74, 6) is -0.0844. The van der Waals surface area contributed by atoms with Crippen LogP contribution in [0, 0.1) is 0 Å². The minimum Gasteiger partial charge on any atom is -0.497 e. The number of fused-ring (bicyclic) bond motifs is 1. The zero-order chi connectivity index (χ0) is 17.4. The number of benzene rings is 2. The van der Waals surface area contributed by atoms with E-state index in [-0.39, 0.29) is 17.6 Å². The topological polar surface area (TPSA) is 55.4 Å². The second-order valence-electron chi connectivity index (χ2n) is 5.99. The Bertz CT molecular complexity index is 831. The van der Waals surface area contributed by atoms with Gasteiger partial charge in [-0.25, -0.2) is 0 Å². The molecule has 1 N–H and O–H groups in total. The SMILES string of the molecule is COc1ccc(Cl)c(C(C)C(=O)c2ccc3c(c2)C(C)C(=O)N3)c1. The number of ether oxygens (including phenoxy) is 1. The molecule has 0 saturated heterocycles. The van der Waals surface area contributed by atoms with Crippen LogP contribution in [0.25, 0.3) is 0 Å². The van der Waals surface area contributed by atoms with Gasteiger partial charge < -0.3 is 10.1 Å². The molecule has 0 saturated carbocycles. The van der Waals surface area contributed by atoms with Gasteiger partial charge in [0.05, 0.1) is 13.0 Å². The lowest BCUT2D eigenvalue weighted by Crippen LogP contribution is -2.11. The molecule has 0 spiro atoms. The molecule has 3 rings (SSSR count). The van der Waals surface area contributed by atoms with E-state index in [1.54, 1.807) is 43.5 Å². The Labute approximate surface area is 145 Å². The van der Waals surface area contributed by atoms with Crippen molar-refractivity contribution >= 4 is 29.0 Å². The number of hydrogen-bond acceptors (Lipinski definition) is 3. The van der Waals surface area contributed by atoms with Crippen molar-refractivity contribution < 1.29 is 14.3 Å². The summed E-state index contributed by atoms with van der Waals surface area (Å²) in [5, 5.41) is 3.34. The molecule has 1 aliphatic rings. The van der Waals surface area contributed by atoms with E-state index >= 15 is 0 Å². The van der Waals surface area contributed by atoms with Crippen molar-refractivity contribution in [1.29, 1.82) is 0 Å². The molecular formula is C19H18ClNO3. The van der Waals surface area contributed by atoms with Crippen LogP contribution in [-0.4, -0.2) is 18.8 Å². The summed E-state index contributed by atoms with van der Waals surface area (Å²) in [5.41, 5.74) is 2.93. The smallest absolute Gasteiger partial charge is 0.231 e. The van der Waals surface area contributed by atoms with Gasteiger partial charge in [0.1, 0.15) is 5.75 Å². The molecule has 0 aliphatic carbocycles. The monoisotopic (exact) mass is 343 g/mol. The first-order valence-corrected chi connectivity index (χ1v) is 8.12. The molecule has 0 radical (unpaired) electrons. The minimum absolute atomic E-state index is 0.0421. The quantitative estimate of drug-likeness (QED) is 0.837. The fraction of sp³-hybridized carbons (Fsp3) is 0.263. The third-order valence-corrected chi connectivity index (χ3v) is 4.86. The first kappa shape index (κ1) is 16.5. The van der Waals surface area contributed by atoms with E-state index in [2.05, 4.69) is 5.32 Å². The molecule has 0 aromatic heterocycles. The summed E-state index contributed by atoms with van der Waals surface area (Å²) in [6.45, 7) is 3.65. The Morgan fingerprint density at radius 2 is 2.00 bits per heavy atom. The Hall–Kier alpha value is -2.33. The number of carbonyl (C=O) groups excluding carboxylic acids is 2. The Morgan fingerprint density at radius 3 is 2.71 bits per heavy atom. The first-order chi connectivity index (χ1) is 11.4. The second kappa shape index (κ2) is 6.29. The predicted octanol–water partition coefficient (Wildman–Crippen LogP) is 4.39. The third kappa shape index (κ3) is 2.78. The number of Topliss-reactive ketones (excluding diaryl/α,β-unsaturated/α-hetero) is 1. The van der Waals surface area contributed by atoms with E-state index in [1.165, 1.54) is 0 Å².